The Morgan fingerprint density at radius 1 is 1.15 bits per heavy atom. The van der Waals surface area contributed by atoms with Gasteiger partial charge in [0.2, 0.25) is 0 Å². The van der Waals surface area contributed by atoms with Crippen molar-refractivity contribution >= 4 is 63.2 Å². The number of benzene rings is 1. The van der Waals surface area contributed by atoms with Gasteiger partial charge in [-0.3, -0.25) is 0 Å². The van der Waals surface area contributed by atoms with Crippen LogP contribution in [0.15, 0.2) is 26.0 Å². The van der Waals surface area contributed by atoms with Gasteiger partial charge >= 0.3 is 0 Å². The second-order valence-electron chi connectivity index (χ2n) is 2.14. The van der Waals surface area contributed by atoms with E-state index in [4.69, 9.17) is 22.3 Å². The molecular weight excluding hydrogens is 367 g/mol. The summed E-state index contributed by atoms with van der Waals surface area (Å²) in [5, 5.41) is 0.407. The van der Waals surface area contributed by atoms with Crippen LogP contribution in [-0.2, 0) is 9.05 Å². The summed E-state index contributed by atoms with van der Waals surface area (Å²) in [5.41, 5.74) is 0. The molecule has 13 heavy (non-hydrogen) atoms. The van der Waals surface area contributed by atoms with E-state index in [1.807, 2.05) is 0 Å². The van der Waals surface area contributed by atoms with E-state index in [9.17, 15) is 8.42 Å². The zero-order valence-corrected chi connectivity index (χ0v) is 11.4. The summed E-state index contributed by atoms with van der Waals surface area (Å²) in [6, 6.07) is 2.69. The first-order valence-electron chi connectivity index (χ1n) is 2.91. The third-order valence-electron chi connectivity index (χ3n) is 1.24. The van der Waals surface area contributed by atoms with Crippen LogP contribution < -0.4 is 0 Å². The summed E-state index contributed by atoms with van der Waals surface area (Å²) < 4.78 is 22.8. The first-order valence-corrected chi connectivity index (χ1v) is 7.19. The van der Waals surface area contributed by atoms with Gasteiger partial charge in [0.15, 0.2) is 0 Å². The topological polar surface area (TPSA) is 34.1 Å². The van der Waals surface area contributed by atoms with Crippen LogP contribution in [0.2, 0.25) is 5.02 Å². The Morgan fingerprint density at radius 2 is 1.54 bits per heavy atom. The molecule has 0 fully saturated rings. The highest BCUT2D eigenvalue weighted by molar-refractivity contribution is 9.11. The minimum absolute atomic E-state index is 0.00248. The van der Waals surface area contributed by atoms with Crippen LogP contribution in [0.5, 0.6) is 0 Å². The van der Waals surface area contributed by atoms with Crippen LogP contribution in [0.4, 0.5) is 0 Å². The maximum atomic E-state index is 10.9. The van der Waals surface area contributed by atoms with Crippen molar-refractivity contribution in [2.45, 2.75) is 4.90 Å². The lowest BCUT2D eigenvalue weighted by molar-refractivity contribution is 0.609. The highest BCUT2D eigenvalue weighted by atomic mass is 79.9. The molecule has 0 bridgehead atoms. The molecule has 0 aliphatic carbocycles. The summed E-state index contributed by atoms with van der Waals surface area (Å²) >= 11 is 12.0. The Morgan fingerprint density at radius 3 is 1.85 bits per heavy atom. The zero-order chi connectivity index (χ0) is 10.2. The molecule has 1 rings (SSSR count). The second-order valence-corrected chi connectivity index (χ2v) is 6.79. The summed E-state index contributed by atoms with van der Waals surface area (Å²) in [7, 11) is 1.43. The van der Waals surface area contributed by atoms with Crippen molar-refractivity contribution < 1.29 is 8.42 Å². The fourth-order valence-electron chi connectivity index (χ4n) is 0.673. The molecule has 0 N–H and O–H groups in total. The van der Waals surface area contributed by atoms with Crippen molar-refractivity contribution in [1.82, 2.24) is 0 Å². The first kappa shape index (κ1) is 11.8. The Kier molecular flexibility index (Phi) is 3.68. The Labute approximate surface area is 102 Å². The van der Waals surface area contributed by atoms with E-state index in [0.717, 1.165) is 0 Å². The quantitative estimate of drug-likeness (QED) is 0.558. The van der Waals surface area contributed by atoms with Crippen LogP contribution >= 0.6 is 54.1 Å². The van der Waals surface area contributed by atoms with E-state index in [0.29, 0.717) is 14.0 Å². The number of rotatable bonds is 1. The lowest BCUT2D eigenvalue weighted by Gasteiger charge is -2.01. The molecule has 7 heteroatoms. The van der Waals surface area contributed by atoms with Gasteiger partial charge in [0.25, 0.3) is 9.05 Å². The van der Waals surface area contributed by atoms with Crippen LogP contribution in [0.1, 0.15) is 0 Å². The molecule has 0 amide bonds. The summed E-state index contributed by atoms with van der Waals surface area (Å²) in [5.74, 6) is 0. The lowest BCUT2D eigenvalue weighted by atomic mass is 10.4. The summed E-state index contributed by atoms with van der Waals surface area (Å²) in [6.07, 6.45) is 0. The minimum atomic E-state index is -3.71. The van der Waals surface area contributed by atoms with E-state index in [-0.39, 0.29) is 4.90 Å². The van der Waals surface area contributed by atoms with Gasteiger partial charge in [-0.25, -0.2) is 8.42 Å². The first-order chi connectivity index (χ1) is 5.82. The molecule has 0 radical (unpaired) electrons. The van der Waals surface area contributed by atoms with Gasteiger partial charge < -0.3 is 0 Å². The van der Waals surface area contributed by atoms with Gasteiger partial charge in [-0.2, -0.15) is 0 Å². The van der Waals surface area contributed by atoms with E-state index >= 15 is 0 Å². The third kappa shape index (κ3) is 2.83. The van der Waals surface area contributed by atoms with Gasteiger partial charge in [-0.15, -0.1) is 0 Å². The van der Waals surface area contributed by atoms with Crippen LogP contribution in [0, 0.1) is 0 Å². The highest BCUT2D eigenvalue weighted by Crippen LogP contribution is 2.34. The molecule has 0 atom stereocenters. The standard InChI is InChI=1S/C6H2Br2Cl2O2S/c7-4-1-3(13(10,11)12)2-5(8)6(4)9/h1-2H. The summed E-state index contributed by atoms with van der Waals surface area (Å²) in [6.45, 7) is 0. The van der Waals surface area contributed by atoms with Gasteiger partial charge in [0.1, 0.15) is 0 Å². The van der Waals surface area contributed by atoms with Gasteiger partial charge in [-0.1, -0.05) is 11.6 Å². The maximum absolute atomic E-state index is 10.9. The molecule has 0 aliphatic rings. The molecule has 72 valence electrons. The van der Waals surface area contributed by atoms with Crippen molar-refractivity contribution in [1.29, 1.82) is 0 Å². The van der Waals surface area contributed by atoms with Gasteiger partial charge in [-0.05, 0) is 44.0 Å². The molecule has 0 spiro atoms. The predicted molar refractivity (Wildman–Crippen MR) is 59.9 cm³/mol. The highest BCUT2D eigenvalue weighted by Gasteiger charge is 2.14. The second kappa shape index (κ2) is 4.06. The molecule has 0 aliphatic heterocycles. The molecule has 0 unspecified atom stereocenters. The molecule has 1 aromatic carbocycles. The monoisotopic (exact) mass is 366 g/mol. The zero-order valence-electron chi connectivity index (χ0n) is 5.89. The average molecular weight is 369 g/mol. The number of hydrogen-bond donors (Lipinski definition) is 0. The van der Waals surface area contributed by atoms with Crippen LogP contribution in [-0.4, -0.2) is 8.42 Å². The normalized spacial score (nSPS) is 11.7. The van der Waals surface area contributed by atoms with E-state index in [2.05, 4.69) is 31.9 Å². The van der Waals surface area contributed by atoms with Crippen LogP contribution in [0.25, 0.3) is 0 Å². The molecule has 1 aromatic rings. The molecule has 2 nitrogen and oxygen atoms in total. The maximum Gasteiger partial charge on any atom is 0.261 e. The van der Waals surface area contributed by atoms with Crippen molar-refractivity contribution in [2.24, 2.45) is 0 Å². The Bertz CT molecular complexity index is 421. The summed E-state index contributed by atoms with van der Waals surface area (Å²) in [4.78, 5) is -0.00248. The smallest absolute Gasteiger partial charge is 0.207 e. The van der Waals surface area contributed by atoms with Gasteiger partial charge in [0.05, 0.1) is 9.92 Å². The van der Waals surface area contributed by atoms with Crippen molar-refractivity contribution in [3.63, 3.8) is 0 Å². The molecule has 0 heterocycles. The minimum Gasteiger partial charge on any atom is -0.207 e. The van der Waals surface area contributed by atoms with E-state index in [1.54, 1.807) is 0 Å². The molecular formula is C6H2Br2Cl2O2S. The van der Waals surface area contributed by atoms with Crippen molar-refractivity contribution in [3.05, 3.63) is 26.1 Å². The lowest BCUT2D eigenvalue weighted by Crippen LogP contribution is -1.90. The van der Waals surface area contributed by atoms with Crippen molar-refractivity contribution in [3.8, 4) is 0 Å². The van der Waals surface area contributed by atoms with Crippen molar-refractivity contribution in [2.75, 3.05) is 0 Å². The third-order valence-corrected chi connectivity index (χ3v) is 4.69. The fourth-order valence-corrected chi connectivity index (χ4v) is 3.06. The molecule has 0 saturated heterocycles. The number of halogens is 4. The fraction of sp³-hybridized carbons (Fsp3) is 0. The van der Waals surface area contributed by atoms with E-state index < -0.39 is 9.05 Å². The largest absolute Gasteiger partial charge is 0.261 e. The predicted octanol–water partition coefficient (Wildman–Crippen LogP) is 3.79. The SMILES string of the molecule is O=S(=O)(Cl)c1cc(Br)c(Cl)c(Br)c1. The Hall–Kier alpha value is 0.710. The average Bonchev–Trinajstić information content (AvgIpc) is 1.97. The Balaban J connectivity index is 3.47. The molecule has 0 saturated carbocycles. The van der Waals surface area contributed by atoms with Gasteiger partial charge in [0, 0.05) is 19.6 Å². The van der Waals surface area contributed by atoms with Crippen LogP contribution in [0.3, 0.4) is 0 Å². The van der Waals surface area contributed by atoms with E-state index in [1.165, 1.54) is 12.1 Å². The molecule has 0 aromatic heterocycles. The number of hydrogen-bond acceptors (Lipinski definition) is 2.